The molecule has 0 saturated carbocycles. The lowest BCUT2D eigenvalue weighted by molar-refractivity contribution is 0.0139. The lowest BCUT2D eigenvalue weighted by Gasteiger charge is -2.45. The third-order valence-electron chi connectivity index (χ3n) is 5.42. The van der Waals surface area contributed by atoms with Gasteiger partial charge in [0, 0.05) is 29.6 Å². The topological polar surface area (TPSA) is 96.3 Å². The van der Waals surface area contributed by atoms with Gasteiger partial charge in [-0.15, -0.1) is 0 Å². The fourth-order valence-corrected chi connectivity index (χ4v) is 4.01. The first-order chi connectivity index (χ1) is 12.7. The number of nitrogens with zero attached hydrogens (tertiary/aromatic N) is 1. The normalized spacial score (nSPS) is 18.6. The fraction of sp³-hybridized carbons (Fsp3) is 0.600. The Morgan fingerprint density at radius 2 is 1.89 bits per heavy atom. The van der Waals surface area contributed by atoms with E-state index in [2.05, 4.69) is 0 Å². The number of benzene rings is 1. The van der Waals surface area contributed by atoms with Gasteiger partial charge in [0.2, 0.25) is 0 Å². The summed E-state index contributed by atoms with van der Waals surface area (Å²) in [5.41, 5.74) is 0.633. The molecule has 27 heavy (non-hydrogen) atoms. The van der Waals surface area contributed by atoms with Crippen LogP contribution in [0.25, 0.3) is 0 Å². The highest BCUT2D eigenvalue weighted by molar-refractivity contribution is 5.90. The zero-order valence-electron chi connectivity index (χ0n) is 16.1. The Hall–Kier alpha value is -2.28. The van der Waals surface area contributed by atoms with Gasteiger partial charge >= 0.3 is 12.1 Å². The van der Waals surface area contributed by atoms with Crippen LogP contribution in [-0.2, 0) is 16.8 Å². The van der Waals surface area contributed by atoms with E-state index < -0.39 is 11.6 Å². The number of hydrogen-bond acceptors (Lipinski definition) is 5. The molecule has 1 saturated heterocycles. The second-order valence-corrected chi connectivity index (χ2v) is 8.28. The van der Waals surface area contributed by atoms with Crippen molar-refractivity contribution in [3.63, 3.8) is 0 Å². The van der Waals surface area contributed by atoms with Gasteiger partial charge in [-0.1, -0.05) is 6.07 Å². The number of amides is 1. The summed E-state index contributed by atoms with van der Waals surface area (Å²) in [5, 5.41) is 19.1. The van der Waals surface area contributed by atoms with Gasteiger partial charge in [0.15, 0.2) is 0 Å². The second kappa shape index (κ2) is 7.03. The molecule has 3 rings (SSSR count). The summed E-state index contributed by atoms with van der Waals surface area (Å²) in [6.45, 7) is 6.78. The third-order valence-corrected chi connectivity index (χ3v) is 5.42. The first-order valence-electron chi connectivity index (χ1n) is 9.28. The Balaban J connectivity index is 1.85. The highest BCUT2D eigenvalue weighted by Gasteiger charge is 2.43. The minimum Gasteiger partial charge on any atom is -0.493 e. The summed E-state index contributed by atoms with van der Waals surface area (Å²) < 4.78 is 11.2. The summed E-state index contributed by atoms with van der Waals surface area (Å²) in [7, 11) is 0. The molecule has 1 fully saturated rings. The first kappa shape index (κ1) is 19.5. The zero-order chi connectivity index (χ0) is 19.8. The fourth-order valence-electron chi connectivity index (χ4n) is 4.01. The lowest BCUT2D eigenvalue weighted by atomic mass is 9.68. The van der Waals surface area contributed by atoms with Gasteiger partial charge in [-0.2, -0.15) is 0 Å². The molecule has 0 unspecified atom stereocenters. The van der Waals surface area contributed by atoms with E-state index in [1.165, 1.54) is 0 Å². The van der Waals surface area contributed by atoms with E-state index in [0.29, 0.717) is 31.0 Å². The molecule has 1 spiro atoms. The minimum atomic E-state index is -1.08. The summed E-state index contributed by atoms with van der Waals surface area (Å²) in [6, 6.07) is 3.35. The van der Waals surface area contributed by atoms with Crippen molar-refractivity contribution >= 4 is 12.1 Å². The molecular weight excluding hydrogens is 350 g/mol. The SMILES string of the molecule is CC(C)(C)OC(=O)N1CCC2(CCOc3c2ccc(C(=O)O)c3CO)CC1. The maximum absolute atomic E-state index is 12.3. The second-order valence-electron chi connectivity index (χ2n) is 8.28. The molecule has 0 radical (unpaired) electrons. The van der Waals surface area contributed by atoms with E-state index in [9.17, 15) is 19.8 Å². The molecule has 0 atom stereocenters. The van der Waals surface area contributed by atoms with E-state index >= 15 is 0 Å². The number of fused-ring (bicyclic) bond motifs is 2. The average molecular weight is 377 g/mol. The van der Waals surface area contributed by atoms with Crippen LogP contribution >= 0.6 is 0 Å². The van der Waals surface area contributed by atoms with Crippen LogP contribution < -0.4 is 4.74 Å². The van der Waals surface area contributed by atoms with Crippen LogP contribution in [0.2, 0.25) is 0 Å². The summed E-state index contributed by atoms with van der Waals surface area (Å²) >= 11 is 0. The Morgan fingerprint density at radius 3 is 2.44 bits per heavy atom. The standard InChI is InChI=1S/C20H27NO6/c1-19(2,3)27-18(25)21-9-6-20(7-10-21)8-11-26-16-14(12-22)13(17(23)24)4-5-15(16)20/h4-5,22H,6-12H2,1-3H3,(H,23,24). The molecule has 148 valence electrons. The highest BCUT2D eigenvalue weighted by Crippen LogP contribution is 2.47. The number of aliphatic hydroxyl groups is 1. The molecule has 0 aromatic heterocycles. The number of carbonyl (C=O) groups excluding carboxylic acids is 1. The summed E-state index contributed by atoms with van der Waals surface area (Å²) in [6.07, 6.45) is 2.00. The molecule has 2 heterocycles. The van der Waals surface area contributed by atoms with Crippen molar-refractivity contribution in [2.45, 2.75) is 57.7 Å². The third kappa shape index (κ3) is 3.74. The van der Waals surface area contributed by atoms with Crippen molar-refractivity contribution in [3.05, 3.63) is 28.8 Å². The number of hydrogen-bond donors (Lipinski definition) is 2. The maximum Gasteiger partial charge on any atom is 0.410 e. The summed E-state index contributed by atoms with van der Waals surface area (Å²) in [5.74, 6) is -0.584. The van der Waals surface area contributed by atoms with E-state index in [-0.39, 0.29) is 23.7 Å². The number of likely N-dealkylation sites (tertiary alicyclic amines) is 1. The van der Waals surface area contributed by atoms with Crippen LogP contribution in [0.15, 0.2) is 12.1 Å². The number of carboxylic acids is 1. The van der Waals surface area contributed by atoms with Crippen molar-refractivity contribution in [3.8, 4) is 5.75 Å². The van der Waals surface area contributed by atoms with E-state index in [1.807, 2.05) is 20.8 Å². The molecule has 1 aromatic rings. The van der Waals surface area contributed by atoms with E-state index in [4.69, 9.17) is 9.47 Å². The molecule has 7 heteroatoms. The predicted octanol–water partition coefficient (Wildman–Crippen LogP) is 2.93. The highest BCUT2D eigenvalue weighted by atomic mass is 16.6. The zero-order valence-corrected chi connectivity index (χ0v) is 16.1. The van der Waals surface area contributed by atoms with Crippen molar-refractivity contribution in [1.29, 1.82) is 0 Å². The average Bonchev–Trinajstić information content (AvgIpc) is 2.60. The van der Waals surface area contributed by atoms with Gasteiger partial charge in [-0.25, -0.2) is 9.59 Å². The van der Waals surface area contributed by atoms with Crippen molar-refractivity contribution in [1.82, 2.24) is 4.90 Å². The Labute approximate surface area is 158 Å². The Bertz CT molecular complexity index is 744. The Kier molecular flexibility index (Phi) is 5.08. The van der Waals surface area contributed by atoms with Gasteiger partial charge in [-0.05, 0) is 46.1 Å². The largest absolute Gasteiger partial charge is 0.493 e. The smallest absolute Gasteiger partial charge is 0.410 e. The van der Waals surface area contributed by atoms with Crippen LogP contribution in [0.4, 0.5) is 4.79 Å². The number of ether oxygens (including phenoxy) is 2. The van der Waals surface area contributed by atoms with Gasteiger partial charge < -0.3 is 24.6 Å². The summed E-state index contributed by atoms with van der Waals surface area (Å²) in [4.78, 5) is 25.5. The number of piperidine rings is 1. The molecule has 2 aliphatic rings. The van der Waals surface area contributed by atoms with E-state index in [0.717, 1.165) is 24.8 Å². The molecule has 1 amide bonds. The number of aromatic carboxylic acids is 1. The van der Waals surface area contributed by atoms with Gasteiger partial charge in [-0.3, -0.25) is 0 Å². The lowest BCUT2D eigenvalue weighted by Crippen LogP contribution is -2.48. The van der Waals surface area contributed by atoms with Gasteiger partial charge in [0.05, 0.1) is 18.8 Å². The molecule has 0 bridgehead atoms. The van der Waals surface area contributed by atoms with Crippen LogP contribution in [0.1, 0.15) is 61.5 Å². The molecule has 7 nitrogen and oxygen atoms in total. The van der Waals surface area contributed by atoms with Gasteiger partial charge in [0.1, 0.15) is 11.4 Å². The van der Waals surface area contributed by atoms with Gasteiger partial charge in [0.25, 0.3) is 0 Å². The number of carbonyl (C=O) groups is 2. The molecule has 1 aromatic carbocycles. The number of aliphatic hydroxyl groups excluding tert-OH is 1. The first-order valence-corrected chi connectivity index (χ1v) is 9.28. The molecule has 2 N–H and O–H groups in total. The molecule has 0 aliphatic carbocycles. The number of carboxylic acid groups (broad SMARTS) is 1. The molecular formula is C20H27NO6. The molecule has 2 aliphatic heterocycles. The Morgan fingerprint density at radius 1 is 1.22 bits per heavy atom. The van der Waals surface area contributed by atoms with Crippen molar-refractivity contribution in [2.75, 3.05) is 19.7 Å². The van der Waals surface area contributed by atoms with Crippen LogP contribution in [0.3, 0.4) is 0 Å². The van der Waals surface area contributed by atoms with Crippen molar-refractivity contribution < 1.29 is 29.3 Å². The quantitative estimate of drug-likeness (QED) is 0.823. The van der Waals surface area contributed by atoms with Crippen LogP contribution in [0, 0.1) is 0 Å². The van der Waals surface area contributed by atoms with E-state index in [1.54, 1.807) is 17.0 Å². The van der Waals surface area contributed by atoms with Crippen LogP contribution in [0.5, 0.6) is 5.75 Å². The minimum absolute atomic E-state index is 0.0690. The van der Waals surface area contributed by atoms with Crippen LogP contribution in [-0.4, -0.2) is 52.5 Å². The number of rotatable bonds is 2. The van der Waals surface area contributed by atoms with Crippen molar-refractivity contribution in [2.24, 2.45) is 0 Å². The maximum atomic E-state index is 12.3. The monoisotopic (exact) mass is 377 g/mol. The predicted molar refractivity (Wildman–Crippen MR) is 98.2 cm³/mol.